The lowest BCUT2D eigenvalue weighted by atomic mass is 10.2. The van der Waals surface area contributed by atoms with Crippen LogP contribution >= 0.6 is 24.2 Å². The van der Waals surface area contributed by atoms with E-state index in [0.29, 0.717) is 5.02 Å². The predicted octanol–water partition coefficient (Wildman–Crippen LogP) is 0.454. The second-order valence-electron chi connectivity index (χ2n) is 2.45. The molecule has 1 aromatic heterocycles. The summed E-state index contributed by atoms with van der Waals surface area (Å²) in [5.74, 6) is 0.290. The molecule has 4 nitrogen and oxygen atoms in total. The summed E-state index contributed by atoms with van der Waals surface area (Å²) < 4.78 is 0. The van der Waals surface area contributed by atoms with Crippen LogP contribution in [0.25, 0.3) is 0 Å². The Kier molecular flexibility index (Phi) is 3.92. The zero-order valence-electron chi connectivity index (χ0n) is 6.63. The van der Waals surface area contributed by atoms with Crippen molar-refractivity contribution in [2.24, 2.45) is 0 Å². The van der Waals surface area contributed by atoms with Crippen molar-refractivity contribution in [2.45, 2.75) is 12.2 Å². The molecular formula is C7H9ClN2O2S. The van der Waals surface area contributed by atoms with E-state index in [1.807, 2.05) is 0 Å². The summed E-state index contributed by atoms with van der Waals surface area (Å²) in [6, 6.07) is 0. The number of hydrogen-bond donors (Lipinski definition) is 3. The van der Waals surface area contributed by atoms with E-state index in [1.54, 1.807) is 0 Å². The van der Waals surface area contributed by atoms with Gasteiger partial charge in [0.15, 0.2) is 5.82 Å². The lowest BCUT2D eigenvalue weighted by Gasteiger charge is -2.13. The highest BCUT2D eigenvalue weighted by molar-refractivity contribution is 7.80. The largest absolute Gasteiger partial charge is 0.389 e. The van der Waals surface area contributed by atoms with Crippen molar-refractivity contribution in [3.8, 4) is 0 Å². The minimum absolute atomic E-state index is 0.144. The molecule has 1 rings (SSSR count). The van der Waals surface area contributed by atoms with Gasteiger partial charge >= 0.3 is 0 Å². The Morgan fingerprint density at radius 2 is 1.92 bits per heavy atom. The van der Waals surface area contributed by atoms with E-state index < -0.39 is 12.2 Å². The van der Waals surface area contributed by atoms with Crippen LogP contribution in [0.4, 0.5) is 0 Å². The Hall–Kier alpha value is -0.360. The summed E-state index contributed by atoms with van der Waals surface area (Å²) >= 11 is 9.38. The number of hydrogen-bond acceptors (Lipinski definition) is 5. The highest BCUT2D eigenvalue weighted by Crippen LogP contribution is 2.14. The molecule has 13 heavy (non-hydrogen) atoms. The Balaban J connectivity index is 2.77. The van der Waals surface area contributed by atoms with Gasteiger partial charge in [-0.05, 0) is 0 Å². The van der Waals surface area contributed by atoms with E-state index in [-0.39, 0.29) is 11.6 Å². The van der Waals surface area contributed by atoms with E-state index in [4.69, 9.17) is 11.6 Å². The maximum absolute atomic E-state index is 9.41. The fraction of sp³-hybridized carbons (Fsp3) is 0.429. The molecule has 6 heteroatoms. The van der Waals surface area contributed by atoms with Gasteiger partial charge in [0.2, 0.25) is 0 Å². The first kappa shape index (κ1) is 10.7. The number of aliphatic hydroxyl groups is 2. The van der Waals surface area contributed by atoms with Gasteiger partial charge in [0.1, 0.15) is 6.10 Å². The van der Waals surface area contributed by atoms with Gasteiger partial charge in [-0.2, -0.15) is 12.6 Å². The highest BCUT2D eigenvalue weighted by Gasteiger charge is 2.19. The normalized spacial score (nSPS) is 15.4. The molecular weight excluding hydrogens is 212 g/mol. The molecule has 72 valence electrons. The maximum Gasteiger partial charge on any atom is 0.159 e. The van der Waals surface area contributed by atoms with Crippen molar-refractivity contribution >= 4 is 24.2 Å². The van der Waals surface area contributed by atoms with E-state index in [1.165, 1.54) is 12.4 Å². The molecule has 2 unspecified atom stereocenters. The second-order valence-corrected chi connectivity index (χ2v) is 3.26. The van der Waals surface area contributed by atoms with E-state index >= 15 is 0 Å². The van der Waals surface area contributed by atoms with Crippen LogP contribution in [0.15, 0.2) is 12.4 Å². The number of halogens is 1. The highest BCUT2D eigenvalue weighted by atomic mass is 35.5. The minimum atomic E-state index is -1.12. The van der Waals surface area contributed by atoms with Crippen LogP contribution in [-0.4, -0.2) is 32.0 Å². The van der Waals surface area contributed by atoms with Crippen molar-refractivity contribution in [3.05, 3.63) is 23.2 Å². The first-order valence-corrected chi connectivity index (χ1v) is 4.60. The summed E-state index contributed by atoms with van der Waals surface area (Å²) in [5, 5.41) is 19.0. The summed E-state index contributed by atoms with van der Waals surface area (Å²) in [4.78, 5) is 7.52. The van der Waals surface area contributed by atoms with Gasteiger partial charge in [-0.25, -0.2) is 9.97 Å². The molecule has 0 aliphatic heterocycles. The number of thiol groups is 1. The van der Waals surface area contributed by atoms with Gasteiger partial charge < -0.3 is 10.2 Å². The number of aromatic nitrogens is 2. The fourth-order valence-electron chi connectivity index (χ4n) is 0.747. The molecule has 2 atom stereocenters. The van der Waals surface area contributed by atoms with Gasteiger partial charge in [-0.15, -0.1) is 0 Å². The Bertz CT molecular complexity index is 270. The molecule has 0 aliphatic carbocycles. The second kappa shape index (κ2) is 4.76. The zero-order chi connectivity index (χ0) is 9.84. The third-order valence-corrected chi connectivity index (χ3v) is 2.03. The van der Waals surface area contributed by atoms with Gasteiger partial charge in [-0.1, -0.05) is 11.6 Å². The van der Waals surface area contributed by atoms with Crippen molar-refractivity contribution in [1.29, 1.82) is 0 Å². The van der Waals surface area contributed by atoms with E-state index in [0.717, 1.165) is 0 Å². The van der Waals surface area contributed by atoms with Crippen LogP contribution in [0.2, 0.25) is 5.02 Å². The molecule has 0 saturated heterocycles. The summed E-state index contributed by atoms with van der Waals surface area (Å²) in [6.45, 7) is 0. The molecule has 2 N–H and O–H groups in total. The van der Waals surface area contributed by atoms with Crippen molar-refractivity contribution in [3.63, 3.8) is 0 Å². The lowest BCUT2D eigenvalue weighted by Crippen LogP contribution is -2.21. The standard InChI is InChI=1S/C7H9ClN2O2S/c8-4-1-9-7(10-2-4)6(12)5(11)3-13/h1-2,5-6,11-13H,3H2. The molecule has 0 radical (unpaired) electrons. The van der Waals surface area contributed by atoms with Crippen molar-refractivity contribution < 1.29 is 10.2 Å². The number of aliphatic hydroxyl groups excluding tert-OH is 2. The van der Waals surface area contributed by atoms with Gasteiger partial charge in [0.25, 0.3) is 0 Å². The SMILES string of the molecule is OC(CS)C(O)c1ncc(Cl)cn1. The van der Waals surface area contributed by atoms with Crippen molar-refractivity contribution in [1.82, 2.24) is 9.97 Å². The van der Waals surface area contributed by atoms with Crippen LogP contribution in [0.3, 0.4) is 0 Å². The van der Waals surface area contributed by atoms with Gasteiger partial charge in [-0.3, -0.25) is 0 Å². The average Bonchev–Trinajstić information content (AvgIpc) is 2.17. The van der Waals surface area contributed by atoms with Crippen LogP contribution in [0, 0.1) is 0 Å². The molecule has 0 amide bonds. The molecule has 0 saturated carbocycles. The number of rotatable bonds is 3. The monoisotopic (exact) mass is 220 g/mol. The van der Waals surface area contributed by atoms with Crippen molar-refractivity contribution in [2.75, 3.05) is 5.75 Å². The van der Waals surface area contributed by atoms with Crippen LogP contribution in [-0.2, 0) is 0 Å². The predicted molar refractivity (Wildman–Crippen MR) is 51.9 cm³/mol. The van der Waals surface area contributed by atoms with E-state index in [2.05, 4.69) is 22.6 Å². The lowest BCUT2D eigenvalue weighted by molar-refractivity contribution is 0.0280. The maximum atomic E-state index is 9.41. The average molecular weight is 221 g/mol. The first-order valence-electron chi connectivity index (χ1n) is 3.59. The topological polar surface area (TPSA) is 66.2 Å². The Morgan fingerprint density at radius 1 is 1.38 bits per heavy atom. The third-order valence-electron chi connectivity index (χ3n) is 1.46. The zero-order valence-corrected chi connectivity index (χ0v) is 8.28. The number of nitrogens with zero attached hydrogens (tertiary/aromatic N) is 2. The van der Waals surface area contributed by atoms with Gasteiger partial charge in [0.05, 0.1) is 11.1 Å². The van der Waals surface area contributed by atoms with Crippen LogP contribution in [0.5, 0.6) is 0 Å². The quantitative estimate of drug-likeness (QED) is 0.648. The van der Waals surface area contributed by atoms with Crippen LogP contribution in [0.1, 0.15) is 11.9 Å². The molecule has 1 heterocycles. The Morgan fingerprint density at radius 3 is 2.38 bits per heavy atom. The smallest absolute Gasteiger partial charge is 0.159 e. The third kappa shape index (κ3) is 2.80. The fourth-order valence-corrected chi connectivity index (χ4v) is 1.04. The van der Waals surface area contributed by atoms with Gasteiger partial charge in [0, 0.05) is 18.1 Å². The Labute approximate surface area is 86.0 Å². The molecule has 0 fully saturated rings. The molecule has 0 bridgehead atoms. The molecule has 0 spiro atoms. The molecule has 1 aromatic rings. The summed E-state index contributed by atoms with van der Waals surface area (Å²) in [7, 11) is 0. The summed E-state index contributed by atoms with van der Waals surface area (Å²) in [5.41, 5.74) is 0. The van der Waals surface area contributed by atoms with E-state index in [9.17, 15) is 10.2 Å². The first-order chi connectivity index (χ1) is 6.15. The molecule has 0 aromatic carbocycles. The summed E-state index contributed by atoms with van der Waals surface area (Å²) in [6.07, 6.45) is 0.635. The minimum Gasteiger partial charge on any atom is -0.389 e. The van der Waals surface area contributed by atoms with Crippen LogP contribution < -0.4 is 0 Å². The molecule has 0 aliphatic rings.